The maximum absolute atomic E-state index is 13.5. The van der Waals surface area contributed by atoms with Crippen molar-refractivity contribution >= 4 is 46.3 Å². The summed E-state index contributed by atoms with van der Waals surface area (Å²) in [5.41, 5.74) is 2.09. The van der Waals surface area contributed by atoms with E-state index in [0.29, 0.717) is 38.9 Å². The average Bonchev–Trinajstić information content (AvgIpc) is 3.23. The van der Waals surface area contributed by atoms with Gasteiger partial charge in [0.15, 0.2) is 5.65 Å². The summed E-state index contributed by atoms with van der Waals surface area (Å²) in [6.45, 7) is 0. The lowest BCUT2D eigenvalue weighted by atomic mass is 10.2. The summed E-state index contributed by atoms with van der Waals surface area (Å²) in [5.74, 6) is 0.293. The molecule has 148 valence electrons. The van der Waals surface area contributed by atoms with Gasteiger partial charge in [0, 0.05) is 0 Å². The third-order valence-electron chi connectivity index (χ3n) is 4.73. The number of phenols is 1. The number of fused-ring (bicyclic) bond motifs is 2. The third kappa shape index (κ3) is 2.90. The molecular weight excluding hydrogens is 424 g/mol. The van der Waals surface area contributed by atoms with Gasteiger partial charge in [0.2, 0.25) is 0 Å². The maximum Gasteiger partial charge on any atom is 0.266 e. The monoisotopic (exact) mass is 436 g/mol. The summed E-state index contributed by atoms with van der Waals surface area (Å²) in [7, 11) is 0. The summed E-state index contributed by atoms with van der Waals surface area (Å²) in [6.07, 6.45) is 2.90. The average molecular weight is 437 g/mol. The van der Waals surface area contributed by atoms with Crippen LogP contribution in [0.3, 0.4) is 0 Å². The summed E-state index contributed by atoms with van der Waals surface area (Å²) in [4.78, 5) is 33.8. The minimum Gasteiger partial charge on any atom is -0.508 e. The van der Waals surface area contributed by atoms with Crippen LogP contribution in [0.5, 0.6) is 5.75 Å². The minimum absolute atomic E-state index is 0.0303. The predicted molar refractivity (Wildman–Crippen MR) is 117 cm³/mol. The standard InChI is InChI=1S/C20H13ClN6O2S/c21-12-3-1-2-4-14(12)27-19(26-13-6-5-10(28)7-11(13)20(27)29)17(30)15-16-18(24-8-22-15)25-9-23-16/h1-9,17,28,30H,(H,22,23,24,25). The molecule has 2 aromatic carbocycles. The number of halogens is 1. The molecule has 0 radical (unpaired) electrons. The Morgan fingerprint density at radius 1 is 1.13 bits per heavy atom. The van der Waals surface area contributed by atoms with Crippen LogP contribution in [0.4, 0.5) is 0 Å². The number of phenolic OH excluding ortho intramolecular Hbond substituents is 1. The van der Waals surface area contributed by atoms with Crippen molar-refractivity contribution in [3.63, 3.8) is 0 Å². The van der Waals surface area contributed by atoms with E-state index >= 15 is 0 Å². The van der Waals surface area contributed by atoms with Gasteiger partial charge in [-0.25, -0.2) is 19.9 Å². The number of thiol groups is 1. The number of aromatic hydroxyl groups is 1. The van der Waals surface area contributed by atoms with Crippen molar-refractivity contribution in [2.75, 3.05) is 0 Å². The first-order valence-corrected chi connectivity index (χ1v) is 9.76. The summed E-state index contributed by atoms with van der Waals surface area (Å²) < 4.78 is 1.39. The Bertz CT molecular complexity index is 1480. The molecular formula is C20H13ClN6O2S. The minimum atomic E-state index is -0.696. The maximum atomic E-state index is 13.5. The Morgan fingerprint density at radius 2 is 1.97 bits per heavy atom. The smallest absolute Gasteiger partial charge is 0.266 e. The van der Waals surface area contributed by atoms with Crippen molar-refractivity contribution in [2.24, 2.45) is 0 Å². The summed E-state index contributed by atoms with van der Waals surface area (Å²) in [5, 5.41) is 9.81. The second-order valence-electron chi connectivity index (χ2n) is 6.53. The SMILES string of the molecule is O=c1c2cc(O)ccc2nc(C(S)c2ncnc3nc[nH]c23)n1-c1ccccc1Cl. The second-order valence-corrected chi connectivity index (χ2v) is 7.45. The first-order valence-electron chi connectivity index (χ1n) is 8.87. The van der Waals surface area contributed by atoms with E-state index in [-0.39, 0.29) is 16.7 Å². The first kappa shape index (κ1) is 18.6. The van der Waals surface area contributed by atoms with E-state index in [1.807, 2.05) is 0 Å². The number of nitrogens with one attached hydrogen (secondary N) is 1. The van der Waals surface area contributed by atoms with Gasteiger partial charge in [0.1, 0.15) is 28.7 Å². The normalized spacial score (nSPS) is 12.5. The number of benzene rings is 2. The van der Waals surface area contributed by atoms with Crippen LogP contribution in [-0.2, 0) is 0 Å². The van der Waals surface area contributed by atoms with Crippen molar-refractivity contribution in [3.8, 4) is 11.4 Å². The Morgan fingerprint density at radius 3 is 2.80 bits per heavy atom. The van der Waals surface area contributed by atoms with Gasteiger partial charge >= 0.3 is 0 Å². The first-order chi connectivity index (χ1) is 14.5. The molecule has 0 fully saturated rings. The van der Waals surface area contributed by atoms with Gasteiger partial charge in [0.05, 0.1) is 33.6 Å². The molecule has 0 aliphatic heterocycles. The molecule has 5 aromatic rings. The predicted octanol–water partition coefficient (Wildman–Crippen LogP) is 3.43. The molecule has 30 heavy (non-hydrogen) atoms. The molecule has 0 aliphatic carbocycles. The van der Waals surface area contributed by atoms with Crippen LogP contribution in [-0.4, -0.2) is 34.6 Å². The molecule has 3 heterocycles. The number of hydrogen-bond donors (Lipinski definition) is 3. The molecule has 5 rings (SSSR count). The zero-order chi connectivity index (χ0) is 20.8. The van der Waals surface area contributed by atoms with E-state index in [0.717, 1.165) is 0 Å². The Labute approximate surface area is 179 Å². The molecule has 10 heteroatoms. The molecule has 0 saturated carbocycles. The van der Waals surface area contributed by atoms with Gasteiger partial charge in [-0.1, -0.05) is 23.7 Å². The summed E-state index contributed by atoms with van der Waals surface area (Å²) >= 11 is 11.2. The topological polar surface area (TPSA) is 110 Å². The quantitative estimate of drug-likeness (QED) is 0.374. The van der Waals surface area contributed by atoms with E-state index in [1.165, 1.54) is 29.4 Å². The molecule has 1 unspecified atom stereocenters. The molecule has 3 aromatic heterocycles. The fourth-order valence-corrected chi connectivity index (χ4v) is 3.94. The lowest BCUT2D eigenvalue weighted by molar-refractivity contribution is 0.476. The van der Waals surface area contributed by atoms with Gasteiger partial charge in [0.25, 0.3) is 5.56 Å². The highest BCUT2D eigenvalue weighted by molar-refractivity contribution is 7.80. The molecule has 8 nitrogen and oxygen atoms in total. The summed E-state index contributed by atoms with van der Waals surface area (Å²) in [6, 6.07) is 11.4. The highest BCUT2D eigenvalue weighted by Gasteiger charge is 2.24. The van der Waals surface area contributed by atoms with E-state index in [2.05, 4.69) is 24.9 Å². The number of hydrogen-bond acceptors (Lipinski definition) is 7. The van der Waals surface area contributed by atoms with E-state index in [4.69, 9.17) is 24.2 Å². The highest BCUT2D eigenvalue weighted by Crippen LogP contribution is 2.32. The number of para-hydroxylation sites is 1. The fourth-order valence-electron chi connectivity index (χ4n) is 3.35. The molecule has 0 aliphatic rings. The molecule has 0 spiro atoms. The number of aromatic amines is 1. The molecule has 1 atom stereocenters. The number of H-pyrrole nitrogens is 1. The molecule has 0 bridgehead atoms. The molecule has 2 N–H and O–H groups in total. The second kappa shape index (κ2) is 7.12. The number of rotatable bonds is 3. The number of nitrogens with zero attached hydrogens (tertiary/aromatic N) is 5. The van der Waals surface area contributed by atoms with Crippen molar-refractivity contribution in [3.05, 3.63) is 82.0 Å². The van der Waals surface area contributed by atoms with E-state index in [9.17, 15) is 9.90 Å². The van der Waals surface area contributed by atoms with Crippen molar-refractivity contribution in [1.82, 2.24) is 29.5 Å². The number of imidazole rings is 1. The zero-order valence-corrected chi connectivity index (χ0v) is 16.8. The van der Waals surface area contributed by atoms with Crippen molar-refractivity contribution in [1.29, 1.82) is 0 Å². The highest BCUT2D eigenvalue weighted by atomic mass is 35.5. The van der Waals surface area contributed by atoms with Crippen molar-refractivity contribution < 1.29 is 5.11 Å². The van der Waals surface area contributed by atoms with Gasteiger partial charge < -0.3 is 10.1 Å². The Balaban J connectivity index is 1.86. The van der Waals surface area contributed by atoms with Crippen LogP contribution < -0.4 is 5.56 Å². The van der Waals surface area contributed by atoms with E-state index in [1.54, 1.807) is 30.3 Å². The van der Waals surface area contributed by atoms with Crippen molar-refractivity contribution in [2.45, 2.75) is 5.25 Å². The Hall–Kier alpha value is -3.43. The van der Waals surface area contributed by atoms with Crippen LogP contribution in [0.1, 0.15) is 16.8 Å². The van der Waals surface area contributed by atoms with Gasteiger partial charge in [-0.3, -0.25) is 9.36 Å². The van der Waals surface area contributed by atoms with Gasteiger partial charge in [-0.15, -0.1) is 0 Å². The molecule has 0 saturated heterocycles. The third-order valence-corrected chi connectivity index (χ3v) is 5.52. The number of aromatic nitrogens is 6. The van der Waals surface area contributed by atoms with Gasteiger partial charge in [-0.05, 0) is 30.3 Å². The van der Waals surface area contributed by atoms with Gasteiger partial charge in [-0.2, -0.15) is 12.6 Å². The van der Waals surface area contributed by atoms with Crippen LogP contribution in [0.25, 0.3) is 27.8 Å². The van der Waals surface area contributed by atoms with Crippen LogP contribution in [0.15, 0.2) is 59.9 Å². The lowest BCUT2D eigenvalue weighted by Crippen LogP contribution is -2.25. The largest absolute Gasteiger partial charge is 0.508 e. The molecule has 0 amide bonds. The van der Waals surface area contributed by atoms with Crippen LogP contribution in [0, 0.1) is 0 Å². The van der Waals surface area contributed by atoms with Crippen LogP contribution >= 0.6 is 24.2 Å². The fraction of sp³-hybridized carbons (Fsp3) is 0.0500. The van der Waals surface area contributed by atoms with Crippen LogP contribution in [0.2, 0.25) is 5.02 Å². The van der Waals surface area contributed by atoms with E-state index < -0.39 is 5.25 Å². The lowest BCUT2D eigenvalue weighted by Gasteiger charge is -2.19. The zero-order valence-electron chi connectivity index (χ0n) is 15.2. The Kier molecular flexibility index (Phi) is 4.41.